The topological polar surface area (TPSA) is 63.1 Å². The molecule has 0 atom stereocenters. The summed E-state index contributed by atoms with van der Waals surface area (Å²) in [5.41, 5.74) is 2.62. The molecule has 24 heavy (non-hydrogen) atoms. The van der Waals surface area contributed by atoms with Crippen molar-refractivity contribution in [2.24, 2.45) is 5.92 Å². The highest BCUT2D eigenvalue weighted by molar-refractivity contribution is 5.94. The summed E-state index contributed by atoms with van der Waals surface area (Å²) in [5, 5.41) is 2.98. The summed E-state index contributed by atoms with van der Waals surface area (Å²) in [6.07, 6.45) is 8.16. The third-order valence-electron chi connectivity index (χ3n) is 4.07. The van der Waals surface area contributed by atoms with Crippen LogP contribution in [0.25, 0.3) is 11.1 Å². The normalized spacial score (nSPS) is 14.0. The van der Waals surface area contributed by atoms with Crippen LogP contribution in [-0.4, -0.2) is 40.6 Å². The summed E-state index contributed by atoms with van der Waals surface area (Å²) < 4.78 is 2.07. The maximum absolute atomic E-state index is 12.5. The molecule has 2 heterocycles. The van der Waals surface area contributed by atoms with E-state index in [9.17, 15) is 4.79 Å². The van der Waals surface area contributed by atoms with E-state index in [4.69, 9.17) is 0 Å². The summed E-state index contributed by atoms with van der Waals surface area (Å²) >= 11 is 0. The van der Waals surface area contributed by atoms with Crippen molar-refractivity contribution >= 4 is 11.9 Å². The van der Waals surface area contributed by atoms with Crippen molar-refractivity contribution < 1.29 is 4.79 Å². The molecule has 1 aliphatic carbocycles. The van der Waals surface area contributed by atoms with E-state index in [1.165, 1.54) is 12.8 Å². The van der Waals surface area contributed by atoms with Gasteiger partial charge >= 0.3 is 0 Å². The van der Waals surface area contributed by atoms with Crippen molar-refractivity contribution in [3.63, 3.8) is 0 Å². The van der Waals surface area contributed by atoms with E-state index >= 15 is 0 Å². The van der Waals surface area contributed by atoms with Crippen LogP contribution in [0.5, 0.6) is 0 Å². The van der Waals surface area contributed by atoms with Crippen LogP contribution in [-0.2, 0) is 6.54 Å². The van der Waals surface area contributed by atoms with Crippen molar-refractivity contribution in [2.75, 3.05) is 19.0 Å². The molecule has 1 saturated carbocycles. The van der Waals surface area contributed by atoms with E-state index in [0.29, 0.717) is 17.6 Å². The predicted molar refractivity (Wildman–Crippen MR) is 95.1 cm³/mol. The zero-order valence-corrected chi connectivity index (χ0v) is 14.8. The molecule has 3 rings (SSSR count). The lowest BCUT2D eigenvalue weighted by Gasteiger charge is -2.11. The Balaban J connectivity index is 1.90. The zero-order chi connectivity index (χ0) is 17.3. The molecule has 0 aliphatic heterocycles. The first-order valence-corrected chi connectivity index (χ1v) is 8.45. The molecule has 1 amide bonds. The van der Waals surface area contributed by atoms with Crippen molar-refractivity contribution in [1.82, 2.24) is 19.9 Å². The standard InChI is InChI=1S/C18H25N5O/c1-12(2)21-17(24)16-7-14(11-23(16)10-13-5-6-13)15-8-19-18(20-9-15)22(3)4/h7-9,11-13H,5-6,10H2,1-4H3,(H,21,24). The van der Waals surface area contributed by atoms with E-state index in [1.54, 1.807) is 0 Å². The van der Waals surface area contributed by atoms with Gasteiger partial charge in [-0.15, -0.1) is 0 Å². The Morgan fingerprint density at radius 1 is 1.29 bits per heavy atom. The van der Waals surface area contributed by atoms with Gasteiger partial charge in [-0.25, -0.2) is 9.97 Å². The average molecular weight is 327 g/mol. The highest BCUT2D eigenvalue weighted by Crippen LogP contribution is 2.32. The number of carbonyl (C=O) groups excluding carboxylic acids is 1. The average Bonchev–Trinajstić information content (AvgIpc) is 3.23. The zero-order valence-electron chi connectivity index (χ0n) is 14.8. The molecule has 1 fully saturated rings. The predicted octanol–water partition coefficient (Wildman–Crippen LogP) is 2.56. The van der Waals surface area contributed by atoms with Crippen LogP contribution in [0.2, 0.25) is 0 Å². The summed E-state index contributed by atoms with van der Waals surface area (Å²) in [7, 11) is 3.82. The molecule has 0 saturated heterocycles. The lowest BCUT2D eigenvalue weighted by atomic mass is 10.2. The Morgan fingerprint density at radius 2 is 1.96 bits per heavy atom. The van der Waals surface area contributed by atoms with Gasteiger partial charge < -0.3 is 14.8 Å². The van der Waals surface area contributed by atoms with Gasteiger partial charge in [-0.3, -0.25) is 4.79 Å². The van der Waals surface area contributed by atoms with Crippen molar-refractivity contribution in [2.45, 2.75) is 39.3 Å². The van der Waals surface area contributed by atoms with E-state index in [2.05, 4.69) is 19.9 Å². The monoisotopic (exact) mass is 327 g/mol. The lowest BCUT2D eigenvalue weighted by Crippen LogP contribution is -2.31. The molecule has 1 aliphatic rings. The first-order valence-electron chi connectivity index (χ1n) is 8.45. The van der Waals surface area contributed by atoms with Crippen molar-refractivity contribution in [3.05, 3.63) is 30.4 Å². The largest absolute Gasteiger partial charge is 0.349 e. The van der Waals surface area contributed by atoms with Gasteiger partial charge in [0.2, 0.25) is 5.95 Å². The van der Waals surface area contributed by atoms with E-state index in [-0.39, 0.29) is 11.9 Å². The minimum Gasteiger partial charge on any atom is -0.349 e. The fourth-order valence-corrected chi connectivity index (χ4v) is 2.63. The minimum atomic E-state index is -0.0252. The summed E-state index contributed by atoms with van der Waals surface area (Å²) in [6.45, 7) is 4.85. The Kier molecular flexibility index (Phi) is 4.55. The Morgan fingerprint density at radius 3 is 2.50 bits per heavy atom. The first-order chi connectivity index (χ1) is 11.4. The van der Waals surface area contributed by atoms with Crippen LogP contribution in [0, 0.1) is 5.92 Å². The maximum Gasteiger partial charge on any atom is 0.268 e. The molecule has 1 N–H and O–H groups in total. The molecular weight excluding hydrogens is 302 g/mol. The lowest BCUT2D eigenvalue weighted by molar-refractivity contribution is 0.0933. The Labute approximate surface area is 142 Å². The number of amides is 1. The van der Waals surface area contributed by atoms with E-state index in [1.807, 2.05) is 57.5 Å². The fourth-order valence-electron chi connectivity index (χ4n) is 2.63. The van der Waals surface area contributed by atoms with Crippen LogP contribution in [0.4, 0.5) is 5.95 Å². The van der Waals surface area contributed by atoms with Crippen LogP contribution >= 0.6 is 0 Å². The van der Waals surface area contributed by atoms with Gasteiger partial charge in [-0.1, -0.05) is 0 Å². The number of hydrogen-bond donors (Lipinski definition) is 1. The van der Waals surface area contributed by atoms with Gasteiger partial charge in [0, 0.05) is 56.4 Å². The smallest absolute Gasteiger partial charge is 0.268 e. The number of hydrogen-bond acceptors (Lipinski definition) is 4. The molecule has 0 radical (unpaired) electrons. The second kappa shape index (κ2) is 6.63. The molecule has 128 valence electrons. The van der Waals surface area contributed by atoms with Gasteiger partial charge in [0.1, 0.15) is 5.69 Å². The van der Waals surface area contributed by atoms with Gasteiger partial charge in [0.25, 0.3) is 5.91 Å². The van der Waals surface area contributed by atoms with Crippen LogP contribution < -0.4 is 10.2 Å². The molecule has 0 spiro atoms. The summed E-state index contributed by atoms with van der Waals surface area (Å²) in [5.74, 6) is 1.35. The Bertz CT molecular complexity index is 714. The number of rotatable bonds is 6. The Hall–Kier alpha value is -2.37. The number of carbonyl (C=O) groups is 1. The molecule has 2 aromatic heterocycles. The first kappa shape index (κ1) is 16.5. The summed E-state index contributed by atoms with van der Waals surface area (Å²) in [4.78, 5) is 23.1. The third-order valence-corrected chi connectivity index (χ3v) is 4.07. The fraction of sp³-hybridized carbons (Fsp3) is 0.500. The number of anilines is 1. The molecular formula is C18H25N5O. The SMILES string of the molecule is CC(C)NC(=O)c1cc(-c2cnc(N(C)C)nc2)cn1CC1CC1. The highest BCUT2D eigenvalue weighted by Gasteiger charge is 2.24. The molecule has 6 nitrogen and oxygen atoms in total. The highest BCUT2D eigenvalue weighted by atomic mass is 16.2. The van der Waals surface area contributed by atoms with Crippen molar-refractivity contribution in [3.8, 4) is 11.1 Å². The minimum absolute atomic E-state index is 0.0252. The maximum atomic E-state index is 12.5. The number of nitrogens with zero attached hydrogens (tertiary/aromatic N) is 4. The van der Waals surface area contributed by atoms with Crippen LogP contribution in [0.1, 0.15) is 37.2 Å². The molecule has 0 bridgehead atoms. The molecule has 2 aromatic rings. The van der Waals surface area contributed by atoms with Gasteiger partial charge in [0.15, 0.2) is 0 Å². The second-order valence-corrected chi connectivity index (χ2v) is 7.00. The van der Waals surface area contributed by atoms with Crippen LogP contribution in [0.3, 0.4) is 0 Å². The molecule has 0 unspecified atom stereocenters. The van der Waals surface area contributed by atoms with E-state index < -0.39 is 0 Å². The second-order valence-electron chi connectivity index (χ2n) is 7.00. The summed E-state index contributed by atoms with van der Waals surface area (Å²) in [6, 6.07) is 2.06. The van der Waals surface area contributed by atoms with Gasteiger partial charge in [0.05, 0.1) is 0 Å². The quantitative estimate of drug-likeness (QED) is 0.886. The van der Waals surface area contributed by atoms with Gasteiger partial charge in [-0.05, 0) is 38.7 Å². The number of aromatic nitrogens is 3. The number of nitrogens with one attached hydrogen (secondary N) is 1. The molecule has 6 heteroatoms. The van der Waals surface area contributed by atoms with E-state index in [0.717, 1.165) is 17.7 Å². The van der Waals surface area contributed by atoms with Crippen LogP contribution in [0.15, 0.2) is 24.7 Å². The molecule has 0 aromatic carbocycles. The third kappa shape index (κ3) is 3.75. The van der Waals surface area contributed by atoms with Crippen molar-refractivity contribution in [1.29, 1.82) is 0 Å². The van der Waals surface area contributed by atoms with Gasteiger partial charge in [-0.2, -0.15) is 0 Å².